The first-order chi connectivity index (χ1) is 15.1. The first-order valence-electron chi connectivity index (χ1n) is 11.0. The molecule has 0 saturated carbocycles. The molecule has 1 aromatic rings. The lowest BCUT2D eigenvalue weighted by atomic mass is 10.1. The van der Waals surface area contributed by atoms with E-state index in [1.165, 1.54) is 0 Å². The summed E-state index contributed by atoms with van der Waals surface area (Å²) in [5, 5.41) is 2.92. The Bertz CT molecular complexity index is 831. The molecule has 9 heteroatoms. The standard InChI is InChI=1S/C22H30N4O5/c1-30-18-8-7-16(15-17(18)26-9-3-2-6-20(26)27)23-22(29)25-12-10-24(11-13-25)21(28)19-5-4-14-31-19/h7-8,15,19H,2-6,9-14H2,1H3,(H,23,29). The number of hydrogen-bond donors (Lipinski definition) is 1. The molecule has 3 fully saturated rings. The van der Waals surface area contributed by atoms with Gasteiger partial charge in [0.2, 0.25) is 5.91 Å². The summed E-state index contributed by atoms with van der Waals surface area (Å²) in [6, 6.07) is 5.11. The zero-order valence-corrected chi connectivity index (χ0v) is 18.0. The first-order valence-corrected chi connectivity index (χ1v) is 11.0. The minimum atomic E-state index is -0.324. The lowest BCUT2D eigenvalue weighted by Gasteiger charge is -2.35. The van der Waals surface area contributed by atoms with Gasteiger partial charge in [-0.25, -0.2) is 4.79 Å². The van der Waals surface area contributed by atoms with Gasteiger partial charge in [0.1, 0.15) is 11.9 Å². The van der Waals surface area contributed by atoms with Gasteiger partial charge in [-0.3, -0.25) is 9.59 Å². The molecule has 3 heterocycles. The highest BCUT2D eigenvalue weighted by Crippen LogP contribution is 2.33. The summed E-state index contributed by atoms with van der Waals surface area (Å²) in [6.07, 6.45) is 3.74. The molecule has 3 aliphatic heterocycles. The monoisotopic (exact) mass is 430 g/mol. The van der Waals surface area contributed by atoms with Gasteiger partial charge in [0.05, 0.1) is 12.8 Å². The number of hydrogen-bond acceptors (Lipinski definition) is 5. The molecule has 1 unspecified atom stereocenters. The predicted molar refractivity (Wildman–Crippen MR) is 115 cm³/mol. The second-order valence-corrected chi connectivity index (χ2v) is 8.13. The highest BCUT2D eigenvalue weighted by atomic mass is 16.5. The Balaban J connectivity index is 1.37. The van der Waals surface area contributed by atoms with Crippen molar-refractivity contribution < 1.29 is 23.9 Å². The Morgan fingerprint density at radius 2 is 1.84 bits per heavy atom. The number of rotatable bonds is 4. The molecule has 0 aromatic heterocycles. The van der Waals surface area contributed by atoms with E-state index in [2.05, 4.69) is 5.32 Å². The zero-order chi connectivity index (χ0) is 21.8. The van der Waals surface area contributed by atoms with Gasteiger partial charge in [0, 0.05) is 51.4 Å². The number of carbonyl (C=O) groups is 3. The van der Waals surface area contributed by atoms with Crippen molar-refractivity contribution in [2.45, 2.75) is 38.2 Å². The van der Waals surface area contributed by atoms with Crippen LogP contribution in [0, 0.1) is 0 Å². The third kappa shape index (κ3) is 4.76. The molecule has 1 atom stereocenters. The predicted octanol–water partition coefficient (Wildman–Crippen LogP) is 2.07. The summed E-state index contributed by atoms with van der Waals surface area (Å²) in [5.41, 5.74) is 1.29. The lowest BCUT2D eigenvalue weighted by molar-refractivity contribution is -0.142. The highest BCUT2D eigenvalue weighted by Gasteiger charge is 2.31. The fourth-order valence-corrected chi connectivity index (χ4v) is 4.35. The van der Waals surface area contributed by atoms with Crippen LogP contribution in [0.2, 0.25) is 0 Å². The van der Waals surface area contributed by atoms with Crippen molar-refractivity contribution in [3.63, 3.8) is 0 Å². The third-order valence-corrected chi connectivity index (χ3v) is 6.13. The van der Waals surface area contributed by atoms with Crippen LogP contribution < -0.4 is 15.0 Å². The van der Waals surface area contributed by atoms with Gasteiger partial charge in [-0.05, 0) is 43.9 Å². The summed E-state index contributed by atoms with van der Waals surface area (Å²) in [4.78, 5) is 42.8. The molecule has 3 saturated heterocycles. The van der Waals surface area contributed by atoms with E-state index in [1.54, 1.807) is 40.0 Å². The molecule has 0 bridgehead atoms. The van der Waals surface area contributed by atoms with E-state index < -0.39 is 0 Å². The molecule has 3 aliphatic rings. The first kappa shape index (κ1) is 21.4. The number of urea groups is 1. The maximum absolute atomic E-state index is 12.8. The Morgan fingerprint density at radius 1 is 1.06 bits per heavy atom. The van der Waals surface area contributed by atoms with E-state index >= 15 is 0 Å². The van der Waals surface area contributed by atoms with Gasteiger partial charge in [-0.15, -0.1) is 0 Å². The molecule has 168 valence electrons. The quantitative estimate of drug-likeness (QED) is 0.790. The molecule has 31 heavy (non-hydrogen) atoms. The number of methoxy groups -OCH3 is 1. The molecule has 1 N–H and O–H groups in total. The maximum Gasteiger partial charge on any atom is 0.321 e. The summed E-state index contributed by atoms with van der Waals surface area (Å²) >= 11 is 0. The zero-order valence-electron chi connectivity index (χ0n) is 18.0. The summed E-state index contributed by atoms with van der Waals surface area (Å²) in [6.45, 7) is 3.24. The summed E-state index contributed by atoms with van der Waals surface area (Å²) in [5.74, 6) is 0.707. The molecule has 0 aliphatic carbocycles. The Labute approximate surface area is 182 Å². The number of benzene rings is 1. The molecule has 4 amide bonds. The fourth-order valence-electron chi connectivity index (χ4n) is 4.35. The van der Waals surface area contributed by atoms with E-state index in [-0.39, 0.29) is 23.9 Å². The minimum Gasteiger partial charge on any atom is -0.495 e. The van der Waals surface area contributed by atoms with Crippen LogP contribution in [0.15, 0.2) is 18.2 Å². The van der Waals surface area contributed by atoms with Crippen molar-refractivity contribution in [3.8, 4) is 5.75 Å². The molecular weight excluding hydrogens is 400 g/mol. The van der Waals surface area contributed by atoms with E-state index in [0.717, 1.165) is 25.7 Å². The van der Waals surface area contributed by atoms with Gasteiger partial charge in [0.25, 0.3) is 5.91 Å². The van der Waals surface area contributed by atoms with Crippen LogP contribution in [-0.4, -0.2) is 80.2 Å². The SMILES string of the molecule is COc1ccc(NC(=O)N2CCN(C(=O)C3CCCO3)CC2)cc1N1CCCCC1=O. The number of piperazine rings is 1. The van der Waals surface area contributed by atoms with E-state index in [4.69, 9.17) is 9.47 Å². The molecule has 0 radical (unpaired) electrons. The molecule has 0 spiro atoms. The van der Waals surface area contributed by atoms with Crippen LogP contribution >= 0.6 is 0 Å². The van der Waals surface area contributed by atoms with Gasteiger partial charge in [-0.2, -0.15) is 0 Å². The van der Waals surface area contributed by atoms with E-state index in [0.29, 0.717) is 62.9 Å². The largest absolute Gasteiger partial charge is 0.495 e. The normalized spacial score (nSPS) is 21.9. The number of ether oxygens (including phenoxy) is 2. The van der Waals surface area contributed by atoms with E-state index in [9.17, 15) is 14.4 Å². The van der Waals surface area contributed by atoms with Crippen molar-refractivity contribution in [3.05, 3.63) is 18.2 Å². The average Bonchev–Trinajstić information content (AvgIpc) is 3.34. The van der Waals surface area contributed by atoms with Crippen LogP contribution in [0.1, 0.15) is 32.1 Å². The maximum atomic E-state index is 12.8. The lowest BCUT2D eigenvalue weighted by Crippen LogP contribution is -2.53. The third-order valence-electron chi connectivity index (χ3n) is 6.13. The van der Waals surface area contributed by atoms with Crippen molar-refractivity contribution >= 4 is 29.2 Å². The Kier molecular flexibility index (Phi) is 6.60. The number of piperidine rings is 1. The topological polar surface area (TPSA) is 91.4 Å². The molecule has 1 aromatic carbocycles. The smallest absolute Gasteiger partial charge is 0.321 e. The molecule has 4 rings (SSSR count). The molecular formula is C22H30N4O5. The van der Waals surface area contributed by atoms with Crippen molar-refractivity contribution in [2.24, 2.45) is 0 Å². The summed E-state index contributed by atoms with van der Waals surface area (Å²) < 4.78 is 10.9. The van der Waals surface area contributed by atoms with E-state index in [1.807, 2.05) is 0 Å². The van der Waals surface area contributed by atoms with Crippen LogP contribution in [0.3, 0.4) is 0 Å². The fraction of sp³-hybridized carbons (Fsp3) is 0.591. The van der Waals surface area contributed by atoms with Gasteiger partial charge >= 0.3 is 6.03 Å². The highest BCUT2D eigenvalue weighted by molar-refractivity contribution is 5.97. The van der Waals surface area contributed by atoms with Crippen LogP contribution in [0.5, 0.6) is 5.75 Å². The van der Waals surface area contributed by atoms with Crippen molar-refractivity contribution in [1.29, 1.82) is 0 Å². The van der Waals surface area contributed by atoms with Crippen LogP contribution in [0.4, 0.5) is 16.2 Å². The van der Waals surface area contributed by atoms with Gasteiger partial charge < -0.3 is 29.5 Å². The van der Waals surface area contributed by atoms with Gasteiger partial charge in [0.15, 0.2) is 0 Å². The summed E-state index contributed by atoms with van der Waals surface area (Å²) in [7, 11) is 1.57. The van der Waals surface area contributed by atoms with Crippen molar-refractivity contribution in [2.75, 3.05) is 56.7 Å². The number of nitrogens with one attached hydrogen (secondary N) is 1. The number of anilines is 2. The van der Waals surface area contributed by atoms with Gasteiger partial charge in [-0.1, -0.05) is 0 Å². The van der Waals surface area contributed by atoms with Crippen LogP contribution in [-0.2, 0) is 14.3 Å². The number of nitrogens with zero attached hydrogens (tertiary/aromatic N) is 3. The second-order valence-electron chi connectivity index (χ2n) is 8.13. The Morgan fingerprint density at radius 3 is 2.52 bits per heavy atom. The second kappa shape index (κ2) is 9.55. The van der Waals surface area contributed by atoms with Crippen LogP contribution in [0.25, 0.3) is 0 Å². The minimum absolute atomic E-state index is 0.0311. The number of amides is 4. The number of carbonyl (C=O) groups excluding carboxylic acids is 3. The average molecular weight is 431 g/mol. The molecule has 9 nitrogen and oxygen atoms in total. The Hall–Kier alpha value is -2.81. The van der Waals surface area contributed by atoms with Crippen molar-refractivity contribution in [1.82, 2.24) is 9.80 Å².